The molecule has 4 nitrogen and oxygen atoms in total. The Morgan fingerprint density at radius 2 is 2.19 bits per heavy atom. The summed E-state index contributed by atoms with van der Waals surface area (Å²) in [6.07, 6.45) is 5.96. The minimum absolute atomic E-state index is 0.118. The highest BCUT2D eigenvalue weighted by atomic mass is 16.5. The molecule has 1 aromatic rings. The number of esters is 1. The first-order chi connectivity index (χ1) is 10.3. The van der Waals surface area contributed by atoms with Crippen molar-refractivity contribution >= 4 is 5.97 Å². The van der Waals surface area contributed by atoms with Gasteiger partial charge in [0.05, 0.1) is 7.11 Å². The molecule has 114 valence electrons. The zero-order chi connectivity index (χ0) is 14.7. The van der Waals surface area contributed by atoms with Crippen LogP contribution in [0.3, 0.4) is 0 Å². The van der Waals surface area contributed by atoms with Crippen LogP contribution in [0.15, 0.2) is 24.3 Å². The lowest BCUT2D eigenvalue weighted by molar-refractivity contribution is -0.147. The van der Waals surface area contributed by atoms with Gasteiger partial charge in [0.1, 0.15) is 18.4 Å². The third-order valence-electron chi connectivity index (χ3n) is 4.66. The maximum atomic E-state index is 12.2. The van der Waals surface area contributed by atoms with Crippen molar-refractivity contribution in [2.75, 3.05) is 7.11 Å². The van der Waals surface area contributed by atoms with Crippen LogP contribution in [0.25, 0.3) is 0 Å². The fourth-order valence-electron chi connectivity index (χ4n) is 3.52. The normalized spacial score (nSPS) is 28.0. The van der Waals surface area contributed by atoms with E-state index < -0.39 is 0 Å². The van der Waals surface area contributed by atoms with E-state index in [1.54, 1.807) is 7.11 Å². The van der Waals surface area contributed by atoms with Crippen LogP contribution in [0.5, 0.6) is 5.75 Å². The van der Waals surface area contributed by atoms with E-state index in [0.29, 0.717) is 18.6 Å². The molecule has 21 heavy (non-hydrogen) atoms. The van der Waals surface area contributed by atoms with Crippen molar-refractivity contribution in [1.29, 1.82) is 0 Å². The molecule has 4 heteroatoms. The van der Waals surface area contributed by atoms with E-state index in [4.69, 9.17) is 9.47 Å². The Hall–Kier alpha value is -1.55. The Morgan fingerprint density at radius 1 is 1.33 bits per heavy atom. The topological polar surface area (TPSA) is 47.6 Å². The van der Waals surface area contributed by atoms with Crippen LogP contribution >= 0.6 is 0 Å². The van der Waals surface area contributed by atoms with Crippen molar-refractivity contribution in [3.63, 3.8) is 0 Å². The van der Waals surface area contributed by atoms with Crippen molar-refractivity contribution < 1.29 is 14.3 Å². The van der Waals surface area contributed by atoms with Crippen LogP contribution in [0.4, 0.5) is 0 Å². The molecule has 1 heterocycles. The second-order valence-electron chi connectivity index (χ2n) is 6.07. The third-order valence-corrected chi connectivity index (χ3v) is 4.66. The van der Waals surface area contributed by atoms with Gasteiger partial charge in [0.25, 0.3) is 0 Å². The summed E-state index contributed by atoms with van der Waals surface area (Å²) in [7, 11) is 1.63. The van der Waals surface area contributed by atoms with Crippen molar-refractivity contribution in [3.05, 3.63) is 29.8 Å². The van der Waals surface area contributed by atoms with Gasteiger partial charge in [0, 0.05) is 6.04 Å². The predicted molar refractivity (Wildman–Crippen MR) is 80.1 cm³/mol. The molecule has 0 bridgehead atoms. The van der Waals surface area contributed by atoms with Crippen molar-refractivity contribution in [3.8, 4) is 5.75 Å². The molecule has 3 unspecified atom stereocenters. The summed E-state index contributed by atoms with van der Waals surface area (Å²) in [6, 6.07) is 8.03. The Morgan fingerprint density at radius 3 is 3.00 bits per heavy atom. The summed E-state index contributed by atoms with van der Waals surface area (Å²) >= 11 is 0. The smallest absolute Gasteiger partial charge is 0.323 e. The Bertz CT molecular complexity index is 489. The number of methoxy groups -OCH3 is 1. The summed E-state index contributed by atoms with van der Waals surface area (Å²) in [4.78, 5) is 12.2. The Labute approximate surface area is 125 Å². The Kier molecular flexibility index (Phi) is 4.44. The molecule has 0 spiro atoms. The number of carbonyl (C=O) groups is 1. The van der Waals surface area contributed by atoms with E-state index in [2.05, 4.69) is 5.32 Å². The maximum Gasteiger partial charge on any atom is 0.323 e. The molecular weight excluding hydrogens is 266 g/mol. The number of carbonyl (C=O) groups excluding carboxylic acids is 1. The first-order valence-electron chi connectivity index (χ1n) is 7.82. The van der Waals surface area contributed by atoms with Gasteiger partial charge in [-0.25, -0.2) is 0 Å². The third kappa shape index (κ3) is 3.38. The molecule has 0 radical (unpaired) electrons. The van der Waals surface area contributed by atoms with Crippen LogP contribution < -0.4 is 10.1 Å². The lowest BCUT2D eigenvalue weighted by Gasteiger charge is -2.24. The summed E-state index contributed by atoms with van der Waals surface area (Å²) in [5.41, 5.74) is 0.957. The zero-order valence-corrected chi connectivity index (χ0v) is 12.5. The lowest BCUT2D eigenvalue weighted by atomic mass is 9.85. The van der Waals surface area contributed by atoms with Crippen LogP contribution in [0.1, 0.15) is 37.7 Å². The minimum atomic E-state index is -0.122. The standard InChI is InChI=1S/C17H23NO3/c1-20-14-7-4-5-12(9-14)11-21-17(19)16-10-13-6-2-3-8-15(13)18-16/h4-5,7,9,13,15-16,18H,2-3,6,8,10-11H2,1H3. The lowest BCUT2D eigenvalue weighted by Crippen LogP contribution is -2.37. The highest BCUT2D eigenvalue weighted by molar-refractivity contribution is 5.76. The maximum absolute atomic E-state index is 12.2. The van der Waals surface area contributed by atoms with Gasteiger partial charge in [-0.15, -0.1) is 0 Å². The predicted octanol–water partition coefficient (Wildman–Crippen LogP) is 2.66. The average Bonchev–Trinajstić information content (AvgIpc) is 2.97. The van der Waals surface area contributed by atoms with E-state index >= 15 is 0 Å². The van der Waals surface area contributed by atoms with Crippen LogP contribution in [0.2, 0.25) is 0 Å². The van der Waals surface area contributed by atoms with Gasteiger partial charge in [0.15, 0.2) is 0 Å². The van der Waals surface area contributed by atoms with Gasteiger partial charge in [-0.05, 0) is 42.9 Å². The fraction of sp³-hybridized carbons (Fsp3) is 0.588. The number of benzene rings is 1. The van der Waals surface area contributed by atoms with Gasteiger partial charge in [0.2, 0.25) is 0 Å². The van der Waals surface area contributed by atoms with Gasteiger partial charge in [-0.3, -0.25) is 4.79 Å². The first-order valence-corrected chi connectivity index (χ1v) is 7.82. The number of fused-ring (bicyclic) bond motifs is 1. The largest absolute Gasteiger partial charge is 0.497 e. The SMILES string of the molecule is COc1cccc(COC(=O)C2CC3CCCCC3N2)c1. The van der Waals surface area contributed by atoms with Crippen LogP contribution in [-0.2, 0) is 16.1 Å². The second-order valence-corrected chi connectivity index (χ2v) is 6.07. The average molecular weight is 289 g/mol. The number of hydrogen-bond acceptors (Lipinski definition) is 4. The summed E-state index contributed by atoms with van der Waals surface area (Å²) in [6.45, 7) is 0.309. The van der Waals surface area contributed by atoms with E-state index in [9.17, 15) is 4.79 Å². The van der Waals surface area contributed by atoms with E-state index in [0.717, 1.165) is 17.7 Å². The number of nitrogens with one attached hydrogen (secondary N) is 1. The van der Waals surface area contributed by atoms with Crippen LogP contribution in [-0.4, -0.2) is 25.2 Å². The molecule has 1 saturated heterocycles. The molecule has 2 aliphatic rings. The van der Waals surface area contributed by atoms with Crippen molar-refractivity contribution in [2.24, 2.45) is 5.92 Å². The van der Waals surface area contributed by atoms with E-state index in [1.165, 1.54) is 25.7 Å². The highest BCUT2D eigenvalue weighted by Crippen LogP contribution is 2.33. The van der Waals surface area contributed by atoms with Gasteiger partial charge < -0.3 is 14.8 Å². The molecule has 1 aromatic carbocycles. The zero-order valence-electron chi connectivity index (χ0n) is 12.5. The van der Waals surface area contributed by atoms with Gasteiger partial charge in [-0.2, -0.15) is 0 Å². The van der Waals surface area contributed by atoms with Crippen molar-refractivity contribution in [1.82, 2.24) is 5.32 Å². The molecule has 3 rings (SSSR count). The monoisotopic (exact) mass is 289 g/mol. The Balaban J connectivity index is 1.52. The van der Waals surface area contributed by atoms with Gasteiger partial charge >= 0.3 is 5.97 Å². The summed E-state index contributed by atoms with van der Waals surface area (Å²) in [5, 5.41) is 3.45. The molecular formula is C17H23NO3. The molecule has 0 amide bonds. The number of rotatable bonds is 4. The molecule has 2 fully saturated rings. The van der Waals surface area contributed by atoms with E-state index in [-0.39, 0.29) is 12.0 Å². The van der Waals surface area contributed by atoms with Crippen molar-refractivity contribution in [2.45, 2.75) is 50.8 Å². The molecule has 3 atom stereocenters. The minimum Gasteiger partial charge on any atom is -0.497 e. The second kappa shape index (κ2) is 6.48. The quantitative estimate of drug-likeness (QED) is 0.866. The molecule has 1 N–H and O–H groups in total. The first kappa shape index (κ1) is 14.4. The number of hydrogen-bond donors (Lipinski definition) is 1. The van der Waals surface area contributed by atoms with Crippen LogP contribution in [0, 0.1) is 5.92 Å². The fourth-order valence-corrected chi connectivity index (χ4v) is 3.52. The molecule has 1 aliphatic carbocycles. The molecule has 0 aromatic heterocycles. The van der Waals surface area contributed by atoms with E-state index in [1.807, 2.05) is 24.3 Å². The summed E-state index contributed by atoms with van der Waals surface area (Å²) < 4.78 is 10.6. The molecule has 1 saturated carbocycles. The summed E-state index contributed by atoms with van der Waals surface area (Å²) in [5.74, 6) is 1.33. The number of ether oxygens (including phenoxy) is 2. The molecule has 1 aliphatic heterocycles. The highest BCUT2D eigenvalue weighted by Gasteiger charge is 2.38. The van der Waals surface area contributed by atoms with Gasteiger partial charge in [-0.1, -0.05) is 25.0 Å².